The van der Waals surface area contributed by atoms with Crippen LogP contribution in [0.15, 0.2) is 42.5 Å². The number of benzene rings is 2. The summed E-state index contributed by atoms with van der Waals surface area (Å²) < 4.78 is 13.1. The second kappa shape index (κ2) is 7.17. The minimum absolute atomic E-state index is 0.258. The number of urea groups is 1. The molecule has 0 aliphatic carbocycles. The van der Waals surface area contributed by atoms with Crippen LogP contribution in [-0.2, 0) is 15.1 Å². The van der Waals surface area contributed by atoms with E-state index in [4.69, 9.17) is 23.2 Å². The highest BCUT2D eigenvalue weighted by Gasteiger charge is 2.49. The molecule has 1 saturated heterocycles. The summed E-state index contributed by atoms with van der Waals surface area (Å²) in [6, 6.07) is 9.00. The van der Waals surface area contributed by atoms with E-state index >= 15 is 0 Å². The van der Waals surface area contributed by atoms with Crippen molar-refractivity contribution in [2.24, 2.45) is 0 Å². The number of rotatable bonds is 4. The zero-order valence-electron chi connectivity index (χ0n) is 14.1. The largest absolute Gasteiger partial charge is 0.325 e. The van der Waals surface area contributed by atoms with Crippen LogP contribution in [-0.4, -0.2) is 29.3 Å². The fourth-order valence-electron chi connectivity index (χ4n) is 2.74. The van der Waals surface area contributed by atoms with Crippen LogP contribution in [0.1, 0.15) is 12.5 Å². The van der Waals surface area contributed by atoms with Crippen molar-refractivity contribution in [3.8, 4) is 0 Å². The van der Waals surface area contributed by atoms with Gasteiger partial charge in [-0.3, -0.25) is 14.5 Å². The van der Waals surface area contributed by atoms with Gasteiger partial charge in [0.2, 0.25) is 5.91 Å². The average molecular weight is 410 g/mol. The molecule has 140 valence electrons. The third kappa shape index (κ3) is 3.74. The zero-order valence-corrected chi connectivity index (χ0v) is 15.6. The lowest BCUT2D eigenvalue weighted by Gasteiger charge is -2.22. The molecule has 1 heterocycles. The van der Waals surface area contributed by atoms with Crippen LogP contribution in [0, 0.1) is 5.82 Å². The maximum absolute atomic E-state index is 13.1. The Morgan fingerprint density at radius 2 is 1.81 bits per heavy atom. The molecule has 6 nitrogen and oxygen atoms in total. The van der Waals surface area contributed by atoms with Crippen LogP contribution in [0.25, 0.3) is 0 Å². The van der Waals surface area contributed by atoms with E-state index in [-0.39, 0.29) is 5.02 Å². The standard InChI is InChI=1S/C18H14Cl2FN3O3/c1-18(10-2-4-11(21)5-3-10)16(26)24(17(27)23-18)9-15(25)22-12-6-7-13(19)14(20)8-12/h2-8H,9H2,1H3,(H,22,25)(H,23,27). The average Bonchev–Trinajstić information content (AvgIpc) is 2.83. The summed E-state index contributed by atoms with van der Waals surface area (Å²) in [5.74, 6) is -1.65. The summed E-state index contributed by atoms with van der Waals surface area (Å²) >= 11 is 11.7. The number of amides is 4. The van der Waals surface area contributed by atoms with E-state index in [2.05, 4.69) is 10.6 Å². The SMILES string of the molecule is CC1(c2ccc(F)cc2)NC(=O)N(CC(=O)Nc2ccc(Cl)c(Cl)c2)C1=O. The number of carbonyl (C=O) groups excluding carboxylic acids is 3. The lowest BCUT2D eigenvalue weighted by Crippen LogP contribution is -2.42. The van der Waals surface area contributed by atoms with Crippen molar-refractivity contribution in [2.45, 2.75) is 12.5 Å². The van der Waals surface area contributed by atoms with E-state index in [0.29, 0.717) is 16.3 Å². The quantitative estimate of drug-likeness (QED) is 0.757. The summed E-state index contributed by atoms with van der Waals surface area (Å²) in [5.41, 5.74) is -0.591. The normalized spacial score (nSPS) is 19.2. The highest BCUT2D eigenvalue weighted by atomic mass is 35.5. The minimum Gasteiger partial charge on any atom is -0.324 e. The first-order chi connectivity index (χ1) is 12.7. The lowest BCUT2D eigenvalue weighted by atomic mass is 9.92. The van der Waals surface area contributed by atoms with Gasteiger partial charge in [-0.05, 0) is 42.8 Å². The van der Waals surface area contributed by atoms with E-state index < -0.39 is 35.7 Å². The third-order valence-electron chi connectivity index (χ3n) is 4.20. The summed E-state index contributed by atoms with van der Waals surface area (Å²) in [7, 11) is 0. The molecular formula is C18H14Cl2FN3O3. The fraction of sp³-hybridized carbons (Fsp3) is 0.167. The van der Waals surface area contributed by atoms with Crippen molar-refractivity contribution in [1.82, 2.24) is 10.2 Å². The predicted molar refractivity (Wildman–Crippen MR) is 99.1 cm³/mol. The molecule has 4 amide bonds. The smallest absolute Gasteiger partial charge is 0.324 e. The molecule has 0 saturated carbocycles. The minimum atomic E-state index is -1.38. The first-order valence-electron chi connectivity index (χ1n) is 7.86. The molecule has 1 atom stereocenters. The Hall–Kier alpha value is -2.64. The Morgan fingerprint density at radius 1 is 1.15 bits per heavy atom. The third-order valence-corrected chi connectivity index (χ3v) is 4.94. The van der Waals surface area contributed by atoms with Gasteiger partial charge in [0.15, 0.2) is 0 Å². The van der Waals surface area contributed by atoms with Gasteiger partial charge < -0.3 is 10.6 Å². The van der Waals surface area contributed by atoms with Gasteiger partial charge in [-0.15, -0.1) is 0 Å². The fourth-order valence-corrected chi connectivity index (χ4v) is 3.04. The monoisotopic (exact) mass is 409 g/mol. The molecule has 3 rings (SSSR count). The Balaban J connectivity index is 1.74. The number of halogens is 3. The number of hydrogen-bond acceptors (Lipinski definition) is 3. The van der Waals surface area contributed by atoms with Crippen LogP contribution in [0.3, 0.4) is 0 Å². The van der Waals surface area contributed by atoms with Crippen molar-refractivity contribution in [2.75, 3.05) is 11.9 Å². The number of nitrogens with one attached hydrogen (secondary N) is 2. The van der Waals surface area contributed by atoms with E-state index in [1.807, 2.05) is 0 Å². The Morgan fingerprint density at radius 3 is 2.44 bits per heavy atom. The highest BCUT2D eigenvalue weighted by Crippen LogP contribution is 2.29. The molecule has 2 aromatic rings. The zero-order chi connectivity index (χ0) is 19.8. The van der Waals surface area contributed by atoms with Gasteiger partial charge in [-0.1, -0.05) is 35.3 Å². The van der Waals surface area contributed by atoms with E-state index in [1.54, 1.807) is 6.07 Å². The van der Waals surface area contributed by atoms with E-state index in [9.17, 15) is 18.8 Å². The Labute approximate surface area is 164 Å². The van der Waals surface area contributed by atoms with Crippen LogP contribution in [0.2, 0.25) is 10.0 Å². The molecule has 1 aliphatic heterocycles. The van der Waals surface area contributed by atoms with E-state index in [0.717, 1.165) is 4.90 Å². The van der Waals surface area contributed by atoms with Crippen molar-refractivity contribution < 1.29 is 18.8 Å². The van der Waals surface area contributed by atoms with Gasteiger partial charge in [-0.2, -0.15) is 0 Å². The molecule has 0 aromatic heterocycles. The summed E-state index contributed by atoms with van der Waals surface area (Å²) in [4.78, 5) is 38.0. The molecule has 2 aromatic carbocycles. The molecule has 1 aliphatic rings. The molecule has 0 bridgehead atoms. The van der Waals surface area contributed by atoms with Crippen LogP contribution >= 0.6 is 23.2 Å². The van der Waals surface area contributed by atoms with Gasteiger partial charge in [0.1, 0.15) is 17.9 Å². The van der Waals surface area contributed by atoms with Crippen molar-refractivity contribution in [1.29, 1.82) is 0 Å². The Bertz CT molecular complexity index is 936. The van der Waals surface area contributed by atoms with Gasteiger partial charge >= 0.3 is 6.03 Å². The van der Waals surface area contributed by atoms with Crippen molar-refractivity contribution in [3.63, 3.8) is 0 Å². The number of hydrogen-bond donors (Lipinski definition) is 2. The molecule has 2 N–H and O–H groups in total. The second-order valence-electron chi connectivity index (χ2n) is 6.13. The van der Waals surface area contributed by atoms with Crippen LogP contribution < -0.4 is 10.6 Å². The number of imide groups is 1. The first kappa shape index (κ1) is 19.1. The maximum Gasteiger partial charge on any atom is 0.325 e. The molecule has 1 fully saturated rings. The van der Waals surface area contributed by atoms with Crippen LogP contribution in [0.4, 0.5) is 14.9 Å². The summed E-state index contributed by atoms with van der Waals surface area (Å²) in [6.45, 7) is 1.01. The predicted octanol–water partition coefficient (Wildman–Crippen LogP) is 3.54. The van der Waals surface area contributed by atoms with Gasteiger partial charge in [0.25, 0.3) is 5.91 Å². The number of nitrogens with zero attached hydrogens (tertiary/aromatic N) is 1. The highest BCUT2D eigenvalue weighted by molar-refractivity contribution is 6.42. The topological polar surface area (TPSA) is 78.5 Å². The molecule has 27 heavy (non-hydrogen) atoms. The Kier molecular flexibility index (Phi) is 5.08. The maximum atomic E-state index is 13.1. The van der Waals surface area contributed by atoms with Gasteiger partial charge in [0, 0.05) is 5.69 Å². The molecule has 9 heteroatoms. The summed E-state index contributed by atoms with van der Waals surface area (Å²) in [5, 5.41) is 5.69. The van der Waals surface area contributed by atoms with Crippen LogP contribution in [0.5, 0.6) is 0 Å². The summed E-state index contributed by atoms with van der Waals surface area (Å²) in [6.07, 6.45) is 0. The second-order valence-corrected chi connectivity index (χ2v) is 6.94. The van der Waals surface area contributed by atoms with Crippen molar-refractivity contribution >= 4 is 46.7 Å². The molecular weight excluding hydrogens is 396 g/mol. The van der Waals surface area contributed by atoms with E-state index in [1.165, 1.54) is 43.3 Å². The van der Waals surface area contributed by atoms with Gasteiger partial charge in [-0.25, -0.2) is 9.18 Å². The van der Waals surface area contributed by atoms with Crippen molar-refractivity contribution in [3.05, 3.63) is 63.9 Å². The first-order valence-corrected chi connectivity index (χ1v) is 8.61. The molecule has 0 spiro atoms. The number of anilines is 1. The lowest BCUT2D eigenvalue weighted by molar-refractivity contribution is -0.133. The molecule has 0 radical (unpaired) electrons. The van der Waals surface area contributed by atoms with Gasteiger partial charge in [0.05, 0.1) is 10.0 Å². The number of carbonyl (C=O) groups is 3. The molecule has 1 unspecified atom stereocenters.